The molecule has 2 aromatic rings. The van der Waals surface area contributed by atoms with Gasteiger partial charge in [-0.15, -0.1) is 0 Å². The van der Waals surface area contributed by atoms with Gasteiger partial charge in [0, 0.05) is 36.7 Å². The molecule has 1 aliphatic heterocycles. The van der Waals surface area contributed by atoms with Crippen molar-refractivity contribution < 1.29 is 9.47 Å². The summed E-state index contributed by atoms with van der Waals surface area (Å²) in [5.74, 6) is 0.614. The number of pyridine rings is 2. The molecular weight excluding hydrogens is 386 g/mol. The molecule has 3 heterocycles. The molecule has 2 aliphatic rings. The molecule has 0 aromatic carbocycles. The van der Waals surface area contributed by atoms with Gasteiger partial charge < -0.3 is 14.8 Å². The molecule has 1 N–H and O–H groups in total. The highest BCUT2D eigenvalue weighted by Gasteiger charge is 2.48. The molecule has 0 radical (unpaired) electrons. The number of aromatic nitrogens is 2. The summed E-state index contributed by atoms with van der Waals surface area (Å²) in [6.45, 7) is 2.48. The Hall–Kier alpha value is -1.69. The number of hydrogen-bond donors (Lipinski definition) is 1. The summed E-state index contributed by atoms with van der Waals surface area (Å²) in [5, 5.41) is 3.98. The van der Waals surface area contributed by atoms with Crippen LogP contribution in [-0.4, -0.2) is 35.8 Å². The zero-order chi connectivity index (χ0) is 20.2. The summed E-state index contributed by atoms with van der Waals surface area (Å²) in [6, 6.07) is 8.25. The predicted molar refractivity (Wildman–Crippen MR) is 114 cm³/mol. The smallest absolute Gasteiger partial charge is 0.171 e. The van der Waals surface area contributed by atoms with Gasteiger partial charge in [0.05, 0.1) is 12.7 Å². The molecule has 1 saturated carbocycles. The second-order valence-corrected chi connectivity index (χ2v) is 8.78. The number of nitrogens with one attached hydrogen (secondary N) is 1. The molecular formula is C23H30ClN3O2. The third-order valence-electron chi connectivity index (χ3n) is 6.57. The lowest BCUT2D eigenvalue weighted by atomic mass is 9.68. The SMILES string of the molecule is COc1cc(CNCC[C@]2(c3ccccn3)CCOC3(CCCC3)C2)cnc1Cl. The van der Waals surface area contributed by atoms with Crippen molar-refractivity contribution in [2.45, 2.75) is 62.5 Å². The fourth-order valence-corrected chi connectivity index (χ4v) is 5.25. The Morgan fingerprint density at radius 1 is 1.21 bits per heavy atom. The summed E-state index contributed by atoms with van der Waals surface area (Å²) in [6.07, 6.45) is 11.8. The summed E-state index contributed by atoms with van der Waals surface area (Å²) in [5.41, 5.74) is 2.42. The Morgan fingerprint density at radius 2 is 2.07 bits per heavy atom. The minimum atomic E-state index is 0.0588. The van der Waals surface area contributed by atoms with E-state index in [0.29, 0.717) is 10.9 Å². The van der Waals surface area contributed by atoms with Crippen molar-refractivity contribution in [2.24, 2.45) is 0 Å². The normalized spacial score (nSPS) is 23.4. The molecule has 2 fully saturated rings. The Kier molecular flexibility index (Phi) is 6.38. The van der Waals surface area contributed by atoms with Crippen molar-refractivity contribution in [1.29, 1.82) is 0 Å². The van der Waals surface area contributed by atoms with Gasteiger partial charge in [-0.2, -0.15) is 0 Å². The van der Waals surface area contributed by atoms with E-state index < -0.39 is 0 Å². The first-order valence-electron chi connectivity index (χ1n) is 10.6. The maximum Gasteiger partial charge on any atom is 0.171 e. The summed E-state index contributed by atoms with van der Waals surface area (Å²) in [7, 11) is 1.61. The van der Waals surface area contributed by atoms with E-state index in [1.54, 1.807) is 13.3 Å². The molecule has 156 valence electrons. The maximum absolute atomic E-state index is 6.33. The van der Waals surface area contributed by atoms with Crippen LogP contribution in [0.1, 0.15) is 56.2 Å². The molecule has 1 saturated heterocycles. The van der Waals surface area contributed by atoms with Crippen LogP contribution in [0, 0.1) is 0 Å². The van der Waals surface area contributed by atoms with E-state index >= 15 is 0 Å². The number of hydrogen-bond acceptors (Lipinski definition) is 5. The van der Waals surface area contributed by atoms with Crippen LogP contribution < -0.4 is 10.1 Å². The van der Waals surface area contributed by atoms with Crippen LogP contribution in [0.5, 0.6) is 5.75 Å². The summed E-state index contributed by atoms with van der Waals surface area (Å²) < 4.78 is 11.6. The van der Waals surface area contributed by atoms with E-state index in [2.05, 4.69) is 22.4 Å². The average Bonchev–Trinajstić information content (AvgIpc) is 3.20. The minimum Gasteiger partial charge on any atom is -0.494 e. The van der Waals surface area contributed by atoms with Crippen LogP contribution in [-0.2, 0) is 16.7 Å². The molecule has 1 aliphatic carbocycles. The van der Waals surface area contributed by atoms with Gasteiger partial charge >= 0.3 is 0 Å². The standard InChI is InChI=1S/C23H30ClN3O2/c1-28-19-14-18(16-27-21(19)24)15-25-12-9-22(20-6-2-5-11-26-20)10-13-29-23(17-22)7-3-4-8-23/h2,5-6,11,14,16,25H,3-4,7-10,12-13,15,17H2,1H3/t22-/m0/s1. The van der Waals surface area contributed by atoms with Crippen LogP contribution in [0.15, 0.2) is 36.7 Å². The van der Waals surface area contributed by atoms with Crippen LogP contribution in [0.25, 0.3) is 0 Å². The zero-order valence-electron chi connectivity index (χ0n) is 17.1. The molecule has 0 bridgehead atoms. The monoisotopic (exact) mass is 415 g/mol. The molecule has 2 aromatic heterocycles. The Morgan fingerprint density at radius 3 is 2.83 bits per heavy atom. The van der Waals surface area contributed by atoms with Crippen molar-refractivity contribution >= 4 is 11.6 Å². The summed E-state index contributed by atoms with van der Waals surface area (Å²) in [4.78, 5) is 8.98. The van der Waals surface area contributed by atoms with Crippen LogP contribution in [0.3, 0.4) is 0 Å². The average molecular weight is 416 g/mol. The second kappa shape index (κ2) is 8.99. The van der Waals surface area contributed by atoms with Crippen molar-refractivity contribution in [3.8, 4) is 5.75 Å². The Labute approximate surface area is 178 Å². The lowest BCUT2D eigenvalue weighted by molar-refractivity contribution is -0.104. The maximum atomic E-state index is 6.33. The van der Waals surface area contributed by atoms with Gasteiger partial charge in [-0.05, 0) is 62.4 Å². The number of nitrogens with zero attached hydrogens (tertiary/aromatic N) is 2. The van der Waals surface area contributed by atoms with Gasteiger partial charge in [0.15, 0.2) is 10.9 Å². The second-order valence-electron chi connectivity index (χ2n) is 8.42. The van der Waals surface area contributed by atoms with Crippen molar-refractivity contribution in [3.05, 3.63) is 53.1 Å². The minimum absolute atomic E-state index is 0.0588. The van der Waals surface area contributed by atoms with Crippen molar-refractivity contribution in [3.63, 3.8) is 0 Å². The number of methoxy groups -OCH3 is 1. The summed E-state index contributed by atoms with van der Waals surface area (Å²) >= 11 is 6.03. The fourth-order valence-electron chi connectivity index (χ4n) is 5.06. The third-order valence-corrected chi connectivity index (χ3v) is 6.85. The largest absolute Gasteiger partial charge is 0.494 e. The van der Waals surface area contributed by atoms with Crippen molar-refractivity contribution in [1.82, 2.24) is 15.3 Å². The molecule has 5 nitrogen and oxygen atoms in total. The highest BCUT2D eigenvalue weighted by molar-refractivity contribution is 6.30. The first-order valence-corrected chi connectivity index (χ1v) is 11.0. The third kappa shape index (κ3) is 4.57. The number of ether oxygens (including phenoxy) is 2. The van der Waals surface area contributed by atoms with Gasteiger partial charge in [-0.25, -0.2) is 4.98 Å². The molecule has 4 rings (SSSR count). The Balaban J connectivity index is 1.44. The van der Waals surface area contributed by atoms with Crippen LogP contribution in [0.4, 0.5) is 0 Å². The molecule has 6 heteroatoms. The predicted octanol–water partition coefficient (Wildman–Crippen LogP) is 4.68. The van der Waals surface area contributed by atoms with Gasteiger partial charge in [0.25, 0.3) is 0 Å². The van der Waals surface area contributed by atoms with Gasteiger partial charge in [-0.1, -0.05) is 30.5 Å². The van der Waals surface area contributed by atoms with Gasteiger partial charge in [0.1, 0.15) is 0 Å². The van der Waals surface area contributed by atoms with Crippen LogP contribution >= 0.6 is 11.6 Å². The van der Waals surface area contributed by atoms with Crippen LogP contribution in [0.2, 0.25) is 5.15 Å². The lowest BCUT2D eigenvalue weighted by Gasteiger charge is -2.46. The highest BCUT2D eigenvalue weighted by Crippen LogP contribution is 2.49. The highest BCUT2D eigenvalue weighted by atomic mass is 35.5. The van der Waals surface area contributed by atoms with E-state index in [0.717, 1.165) is 44.5 Å². The van der Waals surface area contributed by atoms with E-state index in [9.17, 15) is 0 Å². The molecule has 1 spiro atoms. The topological polar surface area (TPSA) is 56.3 Å². The van der Waals surface area contributed by atoms with Gasteiger partial charge in [-0.3, -0.25) is 4.98 Å². The molecule has 0 unspecified atom stereocenters. The molecule has 1 atom stereocenters. The molecule has 0 amide bonds. The number of rotatable bonds is 7. The van der Waals surface area contributed by atoms with E-state index in [4.69, 9.17) is 26.1 Å². The lowest BCUT2D eigenvalue weighted by Crippen LogP contribution is -2.47. The molecule has 29 heavy (non-hydrogen) atoms. The quantitative estimate of drug-likeness (QED) is 0.525. The van der Waals surface area contributed by atoms with E-state index in [1.165, 1.54) is 31.4 Å². The zero-order valence-corrected chi connectivity index (χ0v) is 17.9. The fraction of sp³-hybridized carbons (Fsp3) is 0.565. The first-order chi connectivity index (χ1) is 14.1. The van der Waals surface area contributed by atoms with E-state index in [1.807, 2.05) is 18.3 Å². The van der Waals surface area contributed by atoms with Crippen molar-refractivity contribution in [2.75, 3.05) is 20.3 Å². The number of halogens is 1. The Bertz CT molecular complexity index is 811. The van der Waals surface area contributed by atoms with Gasteiger partial charge in [0.2, 0.25) is 0 Å². The first kappa shape index (κ1) is 20.6. The van der Waals surface area contributed by atoms with E-state index in [-0.39, 0.29) is 11.0 Å².